The molecule has 14 rings (SSSR count). The van der Waals surface area contributed by atoms with Crippen LogP contribution < -0.4 is 0 Å². The largest absolute Gasteiger partial charge is 0.456 e. The summed E-state index contributed by atoms with van der Waals surface area (Å²) < 4.78 is 20.2. The molecule has 282 valence electrons. The summed E-state index contributed by atoms with van der Waals surface area (Å²) in [6.45, 7) is 0. The van der Waals surface area contributed by atoms with Crippen molar-refractivity contribution in [2.75, 3.05) is 0 Å². The fourth-order valence-electron chi connectivity index (χ4n) is 9.87. The van der Waals surface area contributed by atoms with Crippen molar-refractivity contribution in [3.63, 3.8) is 0 Å². The first-order valence-corrected chi connectivity index (χ1v) is 20.5. The zero-order chi connectivity index (χ0) is 39.8. The lowest BCUT2D eigenvalue weighted by Gasteiger charge is -2.12. The number of benzene rings is 10. The van der Waals surface area contributed by atoms with E-state index in [1.807, 2.05) is 24.3 Å². The van der Waals surface area contributed by atoms with Gasteiger partial charge in [0.1, 0.15) is 33.5 Å². The number of hydrogen-bond donors (Lipinski definition) is 0. The lowest BCUT2D eigenvalue weighted by atomic mass is 9.94. The van der Waals surface area contributed by atoms with E-state index in [0.717, 1.165) is 126 Å². The first kappa shape index (κ1) is 32.7. The molecule has 0 saturated heterocycles. The maximum absolute atomic E-state index is 6.96. The normalized spacial score (nSPS) is 12.3. The molecule has 5 nitrogen and oxygen atoms in total. The highest BCUT2D eigenvalue weighted by atomic mass is 16.3. The molecule has 0 fully saturated rings. The molecule has 0 aliphatic heterocycles. The van der Waals surface area contributed by atoms with Crippen LogP contribution >= 0.6 is 0 Å². The topological polar surface area (TPSA) is 65.2 Å². The highest BCUT2D eigenvalue weighted by Crippen LogP contribution is 2.46. The molecule has 0 spiro atoms. The molecule has 0 saturated carbocycles. The van der Waals surface area contributed by atoms with Crippen LogP contribution in [0.4, 0.5) is 0 Å². The van der Waals surface area contributed by atoms with Crippen molar-refractivity contribution < 1.29 is 13.3 Å². The third kappa shape index (κ3) is 4.66. The summed E-state index contributed by atoms with van der Waals surface area (Å²) >= 11 is 0. The number of aromatic nitrogens is 2. The highest BCUT2D eigenvalue weighted by molar-refractivity contribution is 6.30. The molecule has 0 aliphatic carbocycles. The van der Waals surface area contributed by atoms with E-state index < -0.39 is 0 Å². The Hall–Kier alpha value is -8.28. The van der Waals surface area contributed by atoms with Crippen molar-refractivity contribution in [1.82, 2.24) is 9.97 Å². The quantitative estimate of drug-likeness (QED) is 0.179. The fraction of sp³-hybridized carbons (Fsp3) is 0. The lowest BCUT2D eigenvalue weighted by Crippen LogP contribution is -1.97. The Labute approximate surface area is 346 Å². The van der Waals surface area contributed by atoms with Crippen molar-refractivity contribution in [1.29, 1.82) is 0 Å². The van der Waals surface area contributed by atoms with Crippen molar-refractivity contribution in [2.24, 2.45) is 0 Å². The molecule has 0 atom stereocenters. The van der Waals surface area contributed by atoms with Crippen LogP contribution in [0.1, 0.15) is 0 Å². The van der Waals surface area contributed by atoms with Gasteiger partial charge in [0.05, 0.1) is 11.4 Å². The van der Waals surface area contributed by atoms with Gasteiger partial charge in [-0.1, -0.05) is 127 Å². The molecule has 4 heterocycles. The number of para-hydroxylation sites is 1. The monoisotopic (exact) mass is 778 g/mol. The van der Waals surface area contributed by atoms with Gasteiger partial charge in [0.15, 0.2) is 5.82 Å². The number of fused-ring (bicyclic) bond motifs is 17. The molecule has 0 radical (unpaired) electrons. The Morgan fingerprint density at radius 3 is 1.30 bits per heavy atom. The van der Waals surface area contributed by atoms with Gasteiger partial charge in [0, 0.05) is 49.0 Å². The van der Waals surface area contributed by atoms with E-state index in [9.17, 15) is 0 Å². The molecule has 61 heavy (non-hydrogen) atoms. The van der Waals surface area contributed by atoms with Gasteiger partial charge in [-0.3, -0.25) is 0 Å². The van der Waals surface area contributed by atoms with E-state index in [2.05, 4.69) is 158 Å². The van der Waals surface area contributed by atoms with Gasteiger partial charge in [0.25, 0.3) is 0 Å². The maximum atomic E-state index is 6.96. The molecule has 0 bridgehead atoms. The van der Waals surface area contributed by atoms with Crippen LogP contribution in [-0.2, 0) is 0 Å². The Morgan fingerprint density at radius 1 is 0.295 bits per heavy atom. The van der Waals surface area contributed by atoms with E-state index in [-0.39, 0.29) is 0 Å². The Balaban J connectivity index is 1.12. The van der Waals surface area contributed by atoms with Gasteiger partial charge in [-0.15, -0.1) is 0 Å². The van der Waals surface area contributed by atoms with Crippen molar-refractivity contribution in [3.8, 4) is 33.9 Å². The van der Waals surface area contributed by atoms with E-state index in [1.54, 1.807) is 0 Å². The smallest absolute Gasteiger partial charge is 0.160 e. The summed E-state index contributed by atoms with van der Waals surface area (Å²) in [4.78, 5) is 10.9. The molecule has 5 heteroatoms. The molecule has 0 aliphatic rings. The number of furan rings is 3. The standard InChI is InChI=1S/C56H30N2O3/c1-5-15-36-31(11-1)21-25-48-50(36)52-38-17-7-3-13-33(38)27-42(54(52)60-48)44-30-45(58-56(57-44)35-23-24-47-41(29-35)40-19-9-10-20-46(40)59-47)43-28-34-14-4-8-18-39(34)53-51-37-16-6-2-12-32(37)22-26-49(51)61-55(43)53/h1-30H. The van der Waals surface area contributed by atoms with Gasteiger partial charge in [0.2, 0.25) is 0 Å². The van der Waals surface area contributed by atoms with E-state index in [4.69, 9.17) is 23.2 Å². The van der Waals surface area contributed by atoms with Crippen molar-refractivity contribution in [3.05, 3.63) is 182 Å². The van der Waals surface area contributed by atoms with Crippen LogP contribution in [0.15, 0.2) is 195 Å². The minimum absolute atomic E-state index is 0.588. The molecule has 0 unspecified atom stereocenters. The minimum Gasteiger partial charge on any atom is -0.456 e. The van der Waals surface area contributed by atoms with Crippen LogP contribution in [0.3, 0.4) is 0 Å². The molecular weight excluding hydrogens is 749 g/mol. The molecule has 4 aromatic heterocycles. The number of hydrogen-bond acceptors (Lipinski definition) is 5. The van der Waals surface area contributed by atoms with E-state index in [1.165, 1.54) is 10.8 Å². The average Bonchev–Trinajstić information content (AvgIpc) is 4.03. The van der Waals surface area contributed by atoms with Crippen LogP contribution in [0.25, 0.3) is 143 Å². The minimum atomic E-state index is 0.588. The predicted molar refractivity (Wildman–Crippen MR) is 250 cm³/mol. The summed E-state index contributed by atoms with van der Waals surface area (Å²) in [5, 5.41) is 15.5. The first-order chi connectivity index (χ1) is 30.2. The summed E-state index contributed by atoms with van der Waals surface area (Å²) in [6.07, 6.45) is 0. The zero-order valence-electron chi connectivity index (χ0n) is 32.4. The molecular formula is C56H30N2O3. The Morgan fingerprint density at radius 2 is 0.738 bits per heavy atom. The second-order valence-electron chi connectivity index (χ2n) is 16.0. The van der Waals surface area contributed by atoms with Gasteiger partial charge in [-0.2, -0.15) is 0 Å². The first-order valence-electron chi connectivity index (χ1n) is 20.5. The summed E-state index contributed by atoms with van der Waals surface area (Å²) in [5.41, 5.74) is 9.07. The summed E-state index contributed by atoms with van der Waals surface area (Å²) in [5.74, 6) is 0.588. The highest BCUT2D eigenvalue weighted by Gasteiger charge is 2.24. The molecule has 10 aromatic carbocycles. The summed E-state index contributed by atoms with van der Waals surface area (Å²) in [6, 6.07) is 63.6. The Bertz CT molecular complexity index is 3980. The predicted octanol–water partition coefficient (Wildman–Crippen LogP) is 15.8. The van der Waals surface area contributed by atoms with Crippen LogP contribution in [0.2, 0.25) is 0 Å². The van der Waals surface area contributed by atoms with Crippen molar-refractivity contribution >= 4 is 109 Å². The molecule has 0 amide bonds. The van der Waals surface area contributed by atoms with E-state index >= 15 is 0 Å². The van der Waals surface area contributed by atoms with Gasteiger partial charge in [-0.05, 0) is 97.7 Å². The summed E-state index contributed by atoms with van der Waals surface area (Å²) in [7, 11) is 0. The third-order valence-electron chi connectivity index (χ3n) is 12.6. The third-order valence-corrected chi connectivity index (χ3v) is 12.6. The fourth-order valence-corrected chi connectivity index (χ4v) is 9.87. The van der Waals surface area contributed by atoms with Gasteiger partial charge >= 0.3 is 0 Å². The van der Waals surface area contributed by atoms with Gasteiger partial charge < -0.3 is 13.3 Å². The van der Waals surface area contributed by atoms with Crippen molar-refractivity contribution in [2.45, 2.75) is 0 Å². The SMILES string of the molecule is c1ccc2c(c1)ccc1oc3c(-c4cc(-c5cc6ccccc6c6c5oc5ccc7ccccc7c56)nc(-c5ccc6oc7ccccc7c6c5)n4)cc4ccccc4c3c12. The second-order valence-corrected chi connectivity index (χ2v) is 16.0. The van der Waals surface area contributed by atoms with Crippen LogP contribution in [0.5, 0.6) is 0 Å². The lowest BCUT2D eigenvalue weighted by molar-refractivity contribution is 0.669. The molecule has 0 N–H and O–H groups in total. The number of rotatable bonds is 3. The Kier molecular flexibility index (Phi) is 6.49. The second kappa shape index (κ2) is 12.1. The average molecular weight is 779 g/mol. The van der Waals surface area contributed by atoms with E-state index in [0.29, 0.717) is 5.82 Å². The maximum Gasteiger partial charge on any atom is 0.160 e. The number of nitrogens with zero attached hydrogens (tertiary/aromatic N) is 2. The van der Waals surface area contributed by atoms with Crippen LogP contribution in [0, 0.1) is 0 Å². The van der Waals surface area contributed by atoms with Gasteiger partial charge in [-0.25, -0.2) is 9.97 Å². The van der Waals surface area contributed by atoms with Crippen LogP contribution in [-0.4, -0.2) is 9.97 Å². The molecule has 14 aromatic rings. The zero-order valence-corrected chi connectivity index (χ0v) is 32.4.